The quantitative estimate of drug-likeness (QED) is 0.162. The van der Waals surface area contributed by atoms with Crippen LogP contribution in [0.5, 0.6) is 0 Å². The van der Waals surface area contributed by atoms with Crippen LogP contribution >= 0.6 is 0 Å². The molecule has 0 aliphatic heterocycles. The zero-order valence-corrected chi connectivity index (χ0v) is 24.9. The van der Waals surface area contributed by atoms with Crippen LogP contribution in [0.2, 0.25) is 0 Å². The van der Waals surface area contributed by atoms with Gasteiger partial charge in [0, 0.05) is 35.3 Å². The second-order valence-corrected chi connectivity index (χ2v) is 11.4. The van der Waals surface area contributed by atoms with Gasteiger partial charge in [-0.25, -0.2) is 0 Å². The normalized spacial score (nSPS) is 12.4. The zero-order chi connectivity index (χ0) is 29.7. The maximum atomic E-state index is 11.2. The van der Waals surface area contributed by atoms with E-state index in [4.69, 9.17) is 4.94 Å². The highest BCUT2D eigenvalue weighted by Crippen LogP contribution is 2.47. The molecule has 0 saturated heterocycles. The molecule has 5 heteroatoms. The number of carbonyl (C=O) groups excluding carboxylic acids is 1. The molecular formula is C38H33N3O2. The Kier molecular flexibility index (Phi) is 6.58. The van der Waals surface area contributed by atoms with E-state index in [1.807, 2.05) is 6.92 Å². The largest absolute Gasteiger partial charge is 0.341 e. The zero-order valence-electron chi connectivity index (χ0n) is 24.9. The van der Waals surface area contributed by atoms with Crippen molar-refractivity contribution < 1.29 is 9.73 Å². The SMILES string of the molecule is CCn1c2ccc(C(C)=NONC(C)=O)cc2c2cc(-c3c(-c4cccc(C)c4)ccc4c3Cc3ccccc3-4)ccc21. The number of aryl methyl sites for hydroxylation is 2. The molecule has 6 aromatic rings. The standard InChI is InChI=1S/C38H33N3O2/c1-5-41-36-17-13-26(24(3)39-43-40-25(4)42)20-33(36)34-22-29(14-18-37(34)41)38-31(27-11-8-9-23(2)19-27)15-16-32-30-12-7-6-10-28(30)21-35(32)38/h6-20,22H,5,21H2,1-4H3,(H,40,42). The summed E-state index contributed by atoms with van der Waals surface area (Å²) in [6.07, 6.45) is 0.920. The van der Waals surface area contributed by atoms with E-state index in [0.717, 1.165) is 18.5 Å². The molecular weight excluding hydrogens is 530 g/mol. The van der Waals surface area contributed by atoms with Gasteiger partial charge in [-0.1, -0.05) is 83.5 Å². The smallest absolute Gasteiger partial charge is 0.251 e. The third-order valence-electron chi connectivity index (χ3n) is 8.58. The first kappa shape index (κ1) is 26.7. The van der Waals surface area contributed by atoms with Crippen molar-refractivity contribution in [1.29, 1.82) is 0 Å². The average molecular weight is 564 g/mol. The van der Waals surface area contributed by atoms with Gasteiger partial charge in [-0.2, -0.15) is 5.48 Å². The van der Waals surface area contributed by atoms with Crippen molar-refractivity contribution >= 4 is 33.4 Å². The number of nitrogens with zero attached hydrogens (tertiary/aromatic N) is 2. The minimum atomic E-state index is -0.300. The average Bonchev–Trinajstić information content (AvgIpc) is 3.55. The Hall–Kier alpha value is -5.16. The van der Waals surface area contributed by atoms with E-state index in [9.17, 15) is 4.79 Å². The Bertz CT molecular complexity index is 2100. The van der Waals surface area contributed by atoms with Gasteiger partial charge in [0.05, 0.1) is 5.71 Å². The molecule has 5 aromatic carbocycles. The molecule has 1 aliphatic rings. The number of hydrogen-bond donors (Lipinski definition) is 1. The Morgan fingerprint density at radius 1 is 0.814 bits per heavy atom. The third kappa shape index (κ3) is 4.58. The van der Waals surface area contributed by atoms with E-state index >= 15 is 0 Å². The number of hydrogen-bond acceptors (Lipinski definition) is 3. The second-order valence-electron chi connectivity index (χ2n) is 11.4. The van der Waals surface area contributed by atoms with Crippen LogP contribution in [-0.2, 0) is 22.7 Å². The van der Waals surface area contributed by atoms with E-state index in [1.54, 1.807) is 0 Å². The number of aromatic nitrogens is 1. The molecule has 212 valence electrons. The predicted octanol–water partition coefficient (Wildman–Crippen LogP) is 8.82. The molecule has 1 aromatic heterocycles. The number of nitrogens with one attached hydrogen (secondary N) is 1. The van der Waals surface area contributed by atoms with Gasteiger partial charge < -0.3 is 4.57 Å². The van der Waals surface area contributed by atoms with Gasteiger partial charge in [0.25, 0.3) is 5.91 Å². The van der Waals surface area contributed by atoms with Crippen molar-refractivity contribution in [3.63, 3.8) is 0 Å². The topological polar surface area (TPSA) is 55.6 Å². The summed E-state index contributed by atoms with van der Waals surface area (Å²) in [7, 11) is 0. The van der Waals surface area contributed by atoms with Crippen LogP contribution in [0.15, 0.2) is 102 Å². The van der Waals surface area contributed by atoms with Gasteiger partial charge in [0.2, 0.25) is 0 Å². The molecule has 0 saturated carbocycles. The maximum Gasteiger partial charge on any atom is 0.251 e. The lowest BCUT2D eigenvalue weighted by Gasteiger charge is -2.17. The van der Waals surface area contributed by atoms with Gasteiger partial charge in [-0.05, 0) is 102 Å². The molecule has 1 amide bonds. The van der Waals surface area contributed by atoms with Crippen molar-refractivity contribution in [3.8, 4) is 33.4 Å². The lowest BCUT2D eigenvalue weighted by molar-refractivity contribution is -0.131. The fourth-order valence-electron chi connectivity index (χ4n) is 6.63. The molecule has 0 bridgehead atoms. The number of carbonyl (C=O) groups is 1. The monoisotopic (exact) mass is 563 g/mol. The van der Waals surface area contributed by atoms with E-state index in [-0.39, 0.29) is 5.91 Å². The third-order valence-corrected chi connectivity index (χ3v) is 8.58. The number of rotatable bonds is 6. The highest BCUT2D eigenvalue weighted by Gasteiger charge is 2.25. The number of amides is 1. The second kappa shape index (κ2) is 10.6. The molecule has 0 unspecified atom stereocenters. The predicted molar refractivity (Wildman–Crippen MR) is 176 cm³/mol. The van der Waals surface area contributed by atoms with Crippen LogP contribution in [0.1, 0.15) is 43.0 Å². The lowest BCUT2D eigenvalue weighted by atomic mass is 9.87. The summed E-state index contributed by atoms with van der Waals surface area (Å²) >= 11 is 0. The summed E-state index contributed by atoms with van der Waals surface area (Å²) < 4.78 is 2.37. The van der Waals surface area contributed by atoms with Gasteiger partial charge >= 0.3 is 0 Å². The maximum absolute atomic E-state index is 11.2. The van der Waals surface area contributed by atoms with Crippen molar-refractivity contribution in [2.24, 2.45) is 5.16 Å². The fourth-order valence-corrected chi connectivity index (χ4v) is 6.63. The van der Waals surface area contributed by atoms with Gasteiger partial charge in [-0.15, -0.1) is 0 Å². The summed E-state index contributed by atoms with van der Waals surface area (Å²) in [6.45, 7) is 8.47. The molecule has 0 atom stereocenters. The molecule has 0 spiro atoms. The van der Waals surface area contributed by atoms with Crippen molar-refractivity contribution in [2.45, 2.75) is 40.7 Å². The summed E-state index contributed by atoms with van der Waals surface area (Å²) in [5.41, 5.74) is 18.0. The van der Waals surface area contributed by atoms with E-state index < -0.39 is 0 Å². The highest BCUT2D eigenvalue weighted by molar-refractivity contribution is 6.13. The number of fused-ring (bicyclic) bond motifs is 6. The first-order valence-corrected chi connectivity index (χ1v) is 14.8. The molecule has 1 heterocycles. The first-order chi connectivity index (χ1) is 20.9. The fraction of sp³-hybridized carbons (Fsp3) is 0.158. The Labute approximate surface area is 251 Å². The molecule has 1 N–H and O–H groups in total. The summed E-state index contributed by atoms with van der Waals surface area (Å²) in [4.78, 5) is 16.3. The van der Waals surface area contributed by atoms with Crippen LogP contribution in [0.3, 0.4) is 0 Å². The molecule has 5 nitrogen and oxygen atoms in total. The van der Waals surface area contributed by atoms with E-state index in [0.29, 0.717) is 5.71 Å². The summed E-state index contributed by atoms with van der Waals surface area (Å²) in [5.74, 6) is -0.300. The molecule has 7 rings (SSSR count). The minimum absolute atomic E-state index is 0.300. The first-order valence-electron chi connectivity index (χ1n) is 14.8. The molecule has 0 fully saturated rings. The van der Waals surface area contributed by atoms with Crippen molar-refractivity contribution in [3.05, 3.63) is 119 Å². The Morgan fingerprint density at radius 2 is 1.58 bits per heavy atom. The lowest BCUT2D eigenvalue weighted by Crippen LogP contribution is -2.18. The Morgan fingerprint density at radius 3 is 2.37 bits per heavy atom. The van der Waals surface area contributed by atoms with Crippen LogP contribution in [0.25, 0.3) is 55.2 Å². The van der Waals surface area contributed by atoms with Crippen LogP contribution < -0.4 is 5.48 Å². The summed E-state index contributed by atoms with van der Waals surface area (Å²) in [6, 6.07) is 35.5. The molecule has 0 radical (unpaired) electrons. The number of hydroxylamine groups is 1. The summed E-state index contributed by atoms with van der Waals surface area (Å²) in [5, 5.41) is 6.47. The van der Waals surface area contributed by atoms with E-state index in [2.05, 4.69) is 126 Å². The Balaban J connectivity index is 1.45. The number of benzene rings is 5. The van der Waals surface area contributed by atoms with Gasteiger partial charge in [-0.3, -0.25) is 9.73 Å². The van der Waals surface area contributed by atoms with Gasteiger partial charge in [0.15, 0.2) is 0 Å². The van der Waals surface area contributed by atoms with Crippen LogP contribution in [-0.4, -0.2) is 16.2 Å². The minimum Gasteiger partial charge on any atom is -0.341 e. The number of oxime groups is 1. The molecule has 43 heavy (non-hydrogen) atoms. The van der Waals surface area contributed by atoms with Gasteiger partial charge in [0.1, 0.15) is 0 Å². The van der Waals surface area contributed by atoms with Crippen molar-refractivity contribution in [1.82, 2.24) is 10.0 Å². The highest BCUT2D eigenvalue weighted by atomic mass is 16.8. The van der Waals surface area contributed by atoms with E-state index in [1.165, 1.54) is 78.8 Å². The van der Waals surface area contributed by atoms with Crippen LogP contribution in [0.4, 0.5) is 0 Å². The van der Waals surface area contributed by atoms with Crippen LogP contribution in [0, 0.1) is 6.92 Å². The molecule has 1 aliphatic carbocycles. The van der Waals surface area contributed by atoms with Crippen molar-refractivity contribution in [2.75, 3.05) is 0 Å².